The minimum absolute atomic E-state index is 0.116. The third kappa shape index (κ3) is 6.94. The van der Waals surface area contributed by atoms with Gasteiger partial charge < -0.3 is 24.8 Å². The van der Waals surface area contributed by atoms with Crippen molar-refractivity contribution in [2.45, 2.75) is 71.1 Å². The Morgan fingerprint density at radius 1 is 0.951 bits per heavy atom. The first-order valence-corrected chi connectivity index (χ1v) is 15.4. The third-order valence-electron chi connectivity index (χ3n) is 7.70. The molecule has 3 aromatic rings. The molecule has 0 bridgehead atoms. The maximum absolute atomic E-state index is 11.5. The number of unbranched alkanes of at least 4 members (excludes halogenated alkanes) is 1. The van der Waals surface area contributed by atoms with E-state index in [-0.39, 0.29) is 18.1 Å². The van der Waals surface area contributed by atoms with Crippen LogP contribution in [-0.4, -0.2) is 31.7 Å². The van der Waals surface area contributed by atoms with Crippen LogP contribution in [0.3, 0.4) is 0 Å². The van der Waals surface area contributed by atoms with Crippen molar-refractivity contribution in [3.63, 3.8) is 0 Å². The summed E-state index contributed by atoms with van der Waals surface area (Å²) in [5.41, 5.74) is 5.43. The fourth-order valence-corrected chi connectivity index (χ4v) is 6.12. The number of nitrogens with one attached hydrogen (secondary N) is 2. The standard InChI is InChI=1S/C33H38Cl2N2O4/c1-3-5-16-40-29-11-7-10-26(33(29)35)23-8-6-9-25-24(23)13-14-28(25)41-31-18-30(39-4-2)21(17-27(31)34)19-36-20-22-12-15-32(38)37-22/h6-11,17-18,22,28,36H,3-5,12-16,19-20H2,1-2H3,(H,37,38)/t22?,28-/m0/s1. The highest BCUT2D eigenvalue weighted by Gasteiger charge is 2.28. The lowest BCUT2D eigenvalue weighted by Gasteiger charge is -2.20. The van der Waals surface area contributed by atoms with Crippen LogP contribution in [0.15, 0.2) is 48.5 Å². The third-order valence-corrected chi connectivity index (χ3v) is 8.39. The van der Waals surface area contributed by atoms with Gasteiger partial charge in [-0.3, -0.25) is 4.79 Å². The van der Waals surface area contributed by atoms with Gasteiger partial charge in [-0.1, -0.05) is 66.9 Å². The average molecular weight is 598 g/mol. The van der Waals surface area contributed by atoms with Gasteiger partial charge in [-0.25, -0.2) is 0 Å². The molecular weight excluding hydrogens is 559 g/mol. The number of hydrogen-bond acceptors (Lipinski definition) is 5. The summed E-state index contributed by atoms with van der Waals surface area (Å²) in [5, 5.41) is 7.60. The highest BCUT2D eigenvalue weighted by atomic mass is 35.5. The van der Waals surface area contributed by atoms with Crippen molar-refractivity contribution in [2.75, 3.05) is 19.8 Å². The molecule has 1 heterocycles. The highest BCUT2D eigenvalue weighted by molar-refractivity contribution is 6.35. The molecule has 0 spiro atoms. The SMILES string of the molecule is CCCCOc1cccc(-c2cccc3c2CC[C@@H]3Oc2cc(OCC)c(CNCC3CCC(=O)N3)cc2Cl)c1Cl. The summed E-state index contributed by atoms with van der Waals surface area (Å²) >= 11 is 13.6. The van der Waals surface area contributed by atoms with Gasteiger partial charge in [-0.15, -0.1) is 0 Å². The zero-order valence-electron chi connectivity index (χ0n) is 23.7. The molecule has 2 aliphatic rings. The maximum Gasteiger partial charge on any atom is 0.220 e. The number of carbonyl (C=O) groups is 1. The molecule has 3 aromatic carbocycles. The largest absolute Gasteiger partial charge is 0.493 e. The van der Waals surface area contributed by atoms with Gasteiger partial charge in [0, 0.05) is 42.7 Å². The number of rotatable bonds is 13. The summed E-state index contributed by atoms with van der Waals surface area (Å²) in [6.45, 7) is 6.57. The van der Waals surface area contributed by atoms with Gasteiger partial charge in [0.25, 0.3) is 0 Å². The molecule has 218 valence electrons. The summed E-state index contributed by atoms with van der Waals surface area (Å²) in [5.74, 6) is 2.19. The van der Waals surface area contributed by atoms with Crippen LogP contribution in [0, 0.1) is 0 Å². The Hall–Kier alpha value is -2.93. The Labute approximate surface area is 252 Å². The molecule has 0 radical (unpaired) electrons. The van der Waals surface area contributed by atoms with Gasteiger partial charge in [-0.2, -0.15) is 0 Å². The number of hydrogen-bond donors (Lipinski definition) is 2. The quantitative estimate of drug-likeness (QED) is 0.198. The average Bonchev–Trinajstić information content (AvgIpc) is 3.58. The lowest BCUT2D eigenvalue weighted by molar-refractivity contribution is -0.119. The first-order valence-electron chi connectivity index (χ1n) is 14.6. The van der Waals surface area contributed by atoms with Crippen LogP contribution in [0.4, 0.5) is 0 Å². The zero-order chi connectivity index (χ0) is 28.8. The molecule has 5 rings (SSSR count). The van der Waals surface area contributed by atoms with Crippen LogP contribution in [0.5, 0.6) is 17.2 Å². The molecule has 41 heavy (non-hydrogen) atoms. The van der Waals surface area contributed by atoms with Gasteiger partial charge in [0.2, 0.25) is 5.91 Å². The molecule has 1 amide bonds. The Bertz CT molecular complexity index is 1380. The lowest BCUT2D eigenvalue weighted by Crippen LogP contribution is -2.35. The van der Waals surface area contributed by atoms with Gasteiger partial charge in [0.05, 0.1) is 23.3 Å². The van der Waals surface area contributed by atoms with Crippen molar-refractivity contribution >= 4 is 29.1 Å². The molecule has 1 unspecified atom stereocenters. The van der Waals surface area contributed by atoms with Gasteiger partial charge in [0.1, 0.15) is 23.4 Å². The van der Waals surface area contributed by atoms with Crippen LogP contribution in [-0.2, 0) is 17.8 Å². The van der Waals surface area contributed by atoms with Crippen LogP contribution < -0.4 is 24.8 Å². The summed E-state index contributed by atoms with van der Waals surface area (Å²) in [7, 11) is 0. The van der Waals surface area contributed by atoms with Crippen molar-refractivity contribution in [3.8, 4) is 28.4 Å². The van der Waals surface area contributed by atoms with E-state index in [2.05, 4.69) is 41.8 Å². The molecule has 1 fully saturated rings. The second-order valence-electron chi connectivity index (χ2n) is 10.6. The molecule has 2 N–H and O–H groups in total. The zero-order valence-corrected chi connectivity index (χ0v) is 25.2. The first-order chi connectivity index (χ1) is 20.0. The smallest absolute Gasteiger partial charge is 0.220 e. The molecule has 8 heteroatoms. The summed E-state index contributed by atoms with van der Waals surface area (Å²) in [4.78, 5) is 11.5. The fourth-order valence-electron chi connectivity index (χ4n) is 5.61. The van der Waals surface area contributed by atoms with Crippen molar-refractivity contribution in [1.29, 1.82) is 0 Å². The second-order valence-corrected chi connectivity index (χ2v) is 11.4. The summed E-state index contributed by atoms with van der Waals surface area (Å²) in [6, 6.07) is 16.3. The molecule has 1 aliphatic heterocycles. The Morgan fingerprint density at radius 3 is 2.56 bits per heavy atom. The molecule has 0 saturated carbocycles. The number of ether oxygens (including phenoxy) is 3. The van der Waals surface area contributed by atoms with E-state index in [1.165, 1.54) is 5.56 Å². The Morgan fingerprint density at radius 2 is 1.78 bits per heavy atom. The Kier molecular flexibility index (Phi) is 9.97. The molecule has 1 saturated heterocycles. The van der Waals surface area contributed by atoms with Crippen LogP contribution >= 0.6 is 23.2 Å². The van der Waals surface area contributed by atoms with E-state index in [0.29, 0.717) is 48.5 Å². The minimum atomic E-state index is -0.130. The number of fused-ring (bicyclic) bond motifs is 1. The topological polar surface area (TPSA) is 68.8 Å². The van der Waals surface area contributed by atoms with E-state index >= 15 is 0 Å². The number of carbonyl (C=O) groups excluding carboxylic acids is 1. The van der Waals surface area contributed by atoms with E-state index in [4.69, 9.17) is 37.4 Å². The highest BCUT2D eigenvalue weighted by Crippen LogP contribution is 2.45. The number of halogens is 2. The van der Waals surface area contributed by atoms with Crippen LogP contribution in [0.25, 0.3) is 11.1 Å². The molecule has 2 atom stereocenters. The fraction of sp³-hybridized carbons (Fsp3) is 0.424. The Balaban J connectivity index is 1.33. The predicted molar refractivity (Wildman–Crippen MR) is 164 cm³/mol. The summed E-state index contributed by atoms with van der Waals surface area (Å²) < 4.78 is 18.5. The van der Waals surface area contributed by atoms with E-state index < -0.39 is 0 Å². The molecule has 1 aliphatic carbocycles. The first kappa shape index (κ1) is 29.6. The van der Waals surface area contributed by atoms with Crippen molar-refractivity contribution in [3.05, 3.63) is 75.3 Å². The molecule has 0 aromatic heterocycles. The lowest BCUT2D eigenvalue weighted by atomic mass is 9.96. The van der Waals surface area contributed by atoms with Crippen molar-refractivity contribution in [2.24, 2.45) is 0 Å². The van der Waals surface area contributed by atoms with E-state index in [1.54, 1.807) is 0 Å². The van der Waals surface area contributed by atoms with E-state index in [9.17, 15) is 4.79 Å². The van der Waals surface area contributed by atoms with Gasteiger partial charge >= 0.3 is 0 Å². The van der Waals surface area contributed by atoms with Gasteiger partial charge in [0.15, 0.2) is 0 Å². The summed E-state index contributed by atoms with van der Waals surface area (Å²) in [6.07, 6.45) is 5.10. The van der Waals surface area contributed by atoms with Crippen LogP contribution in [0.1, 0.15) is 68.7 Å². The number of amides is 1. The molecular formula is C33H38Cl2N2O4. The van der Waals surface area contributed by atoms with E-state index in [0.717, 1.165) is 65.9 Å². The molecule has 6 nitrogen and oxygen atoms in total. The second kappa shape index (κ2) is 13.8. The number of benzene rings is 3. The van der Waals surface area contributed by atoms with Crippen LogP contribution in [0.2, 0.25) is 10.0 Å². The maximum atomic E-state index is 11.5. The predicted octanol–water partition coefficient (Wildman–Crippen LogP) is 7.67. The monoisotopic (exact) mass is 596 g/mol. The van der Waals surface area contributed by atoms with Crippen molar-refractivity contribution < 1.29 is 19.0 Å². The van der Waals surface area contributed by atoms with Gasteiger partial charge in [-0.05, 0) is 61.4 Å². The minimum Gasteiger partial charge on any atom is -0.493 e. The van der Waals surface area contributed by atoms with Crippen molar-refractivity contribution in [1.82, 2.24) is 10.6 Å². The van der Waals surface area contributed by atoms with E-state index in [1.807, 2.05) is 31.2 Å². The normalized spacial score (nSPS) is 17.8.